The molecule has 20 heavy (non-hydrogen) atoms. The molecule has 0 spiro atoms. The molecule has 3 rings (SSSR count). The van der Waals surface area contributed by atoms with Crippen LogP contribution in [0.1, 0.15) is 31.7 Å². The molecule has 4 heteroatoms. The van der Waals surface area contributed by atoms with Crippen LogP contribution in [0, 0.1) is 0 Å². The van der Waals surface area contributed by atoms with Crippen LogP contribution in [-0.2, 0) is 6.54 Å². The van der Waals surface area contributed by atoms with Crippen LogP contribution < -0.4 is 10.2 Å². The minimum Gasteiger partial charge on any atom is -0.354 e. The normalized spacial score (nSPS) is 24.1. The Balaban J connectivity index is 1.64. The Kier molecular flexibility index (Phi) is 4.22. The molecule has 2 aliphatic rings. The quantitative estimate of drug-likeness (QED) is 0.888. The van der Waals surface area contributed by atoms with E-state index >= 15 is 0 Å². The van der Waals surface area contributed by atoms with Gasteiger partial charge in [0.15, 0.2) is 0 Å². The van der Waals surface area contributed by atoms with Crippen LogP contribution in [0.25, 0.3) is 0 Å². The molecule has 1 unspecified atom stereocenters. The Bertz CT molecular complexity index is 444. The van der Waals surface area contributed by atoms with Gasteiger partial charge in [-0.05, 0) is 44.0 Å². The first-order valence-corrected chi connectivity index (χ1v) is 7.89. The Morgan fingerprint density at radius 3 is 2.95 bits per heavy atom. The molecule has 1 atom stereocenters. The third kappa shape index (κ3) is 3.30. The molecule has 110 valence electrons. The van der Waals surface area contributed by atoms with Gasteiger partial charge in [0, 0.05) is 44.5 Å². The number of nitrogens with zero attached hydrogens (tertiary/aromatic N) is 3. The lowest BCUT2D eigenvalue weighted by Crippen LogP contribution is -2.51. The fourth-order valence-electron chi connectivity index (χ4n) is 2.89. The fraction of sp³-hybridized carbons (Fsp3) is 0.688. The van der Waals surface area contributed by atoms with Crippen LogP contribution in [-0.4, -0.2) is 48.6 Å². The summed E-state index contributed by atoms with van der Waals surface area (Å²) in [6.45, 7) is 6.56. The largest absolute Gasteiger partial charge is 0.354 e. The van der Waals surface area contributed by atoms with Gasteiger partial charge in [0.05, 0.1) is 0 Å². The maximum Gasteiger partial charge on any atom is 0.128 e. The van der Waals surface area contributed by atoms with E-state index < -0.39 is 0 Å². The molecule has 0 bridgehead atoms. The van der Waals surface area contributed by atoms with Gasteiger partial charge in [-0.2, -0.15) is 0 Å². The average Bonchev–Trinajstić information content (AvgIpc) is 3.30. The van der Waals surface area contributed by atoms with Gasteiger partial charge in [0.25, 0.3) is 0 Å². The third-order valence-corrected chi connectivity index (χ3v) is 4.55. The highest BCUT2D eigenvalue weighted by atomic mass is 15.3. The maximum atomic E-state index is 4.58. The highest BCUT2D eigenvalue weighted by molar-refractivity contribution is 5.42. The second kappa shape index (κ2) is 6.10. The van der Waals surface area contributed by atoms with E-state index in [4.69, 9.17) is 0 Å². The molecule has 1 saturated heterocycles. The van der Waals surface area contributed by atoms with Gasteiger partial charge in [-0.15, -0.1) is 0 Å². The first-order valence-electron chi connectivity index (χ1n) is 7.89. The van der Waals surface area contributed by atoms with Crippen LogP contribution >= 0.6 is 0 Å². The summed E-state index contributed by atoms with van der Waals surface area (Å²) < 4.78 is 0. The van der Waals surface area contributed by atoms with Crippen LogP contribution in [0.15, 0.2) is 18.3 Å². The number of anilines is 1. The SMILES string of the molecule is CCC1CN(c2cc(CNC3CC3)ccn2)CCN1C. The number of nitrogens with one attached hydrogen (secondary N) is 1. The van der Waals surface area contributed by atoms with Gasteiger partial charge in [-0.3, -0.25) is 4.90 Å². The number of likely N-dealkylation sites (N-methyl/N-ethyl adjacent to an activating group) is 1. The molecule has 1 aromatic rings. The molecule has 1 saturated carbocycles. The average molecular weight is 274 g/mol. The standard InChI is InChI=1S/C16H26N4/c1-3-15-12-20(9-8-19(15)2)16-10-13(6-7-17-16)11-18-14-4-5-14/h6-7,10,14-15,18H,3-5,8-9,11-12H2,1-2H3. The zero-order valence-electron chi connectivity index (χ0n) is 12.7. The number of piperazine rings is 1. The van der Waals surface area contributed by atoms with Crippen molar-refractivity contribution in [3.8, 4) is 0 Å². The summed E-state index contributed by atoms with van der Waals surface area (Å²) in [7, 11) is 2.23. The smallest absolute Gasteiger partial charge is 0.128 e. The predicted octanol–water partition coefficient (Wildman–Crippen LogP) is 1.86. The molecule has 0 radical (unpaired) electrons. The van der Waals surface area contributed by atoms with Crippen molar-refractivity contribution in [1.29, 1.82) is 0 Å². The van der Waals surface area contributed by atoms with E-state index in [1.54, 1.807) is 0 Å². The Morgan fingerprint density at radius 1 is 1.35 bits per heavy atom. The van der Waals surface area contributed by atoms with E-state index in [0.29, 0.717) is 6.04 Å². The second-order valence-electron chi connectivity index (χ2n) is 6.17. The second-order valence-corrected chi connectivity index (χ2v) is 6.17. The van der Waals surface area contributed by atoms with E-state index in [1.807, 2.05) is 6.20 Å². The van der Waals surface area contributed by atoms with Crippen molar-refractivity contribution in [3.05, 3.63) is 23.9 Å². The van der Waals surface area contributed by atoms with Crippen LogP contribution in [0.3, 0.4) is 0 Å². The first-order chi connectivity index (χ1) is 9.76. The molecular weight excluding hydrogens is 248 g/mol. The monoisotopic (exact) mass is 274 g/mol. The van der Waals surface area contributed by atoms with Gasteiger partial charge in [-0.25, -0.2) is 4.98 Å². The summed E-state index contributed by atoms with van der Waals surface area (Å²) in [5.41, 5.74) is 1.36. The molecule has 1 aromatic heterocycles. The molecule has 2 fully saturated rings. The van der Waals surface area contributed by atoms with E-state index in [9.17, 15) is 0 Å². The highest BCUT2D eigenvalue weighted by Crippen LogP contribution is 2.21. The molecule has 1 N–H and O–H groups in total. The van der Waals surface area contributed by atoms with Crippen molar-refractivity contribution < 1.29 is 0 Å². The van der Waals surface area contributed by atoms with E-state index in [1.165, 1.54) is 24.8 Å². The molecule has 1 aliphatic carbocycles. The van der Waals surface area contributed by atoms with Crippen molar-refractivity contribution in [3.63, 3.8) is 0 Å². The first kappa shape index (κ1) is 13.8. The Morgan fingerprint density at radius 2 is 2.20 bits per heavy atom. The number of rotatable bonds is 5. The van der Waals surface area contributed by atoms with E-state index in [-0.39, 0.29) is 0 Å². The van der Waals surface area contributed by atoms with Crippen molar-refractivity contribution in [1.82, 2.24) is 15.2 Å². The number of hydrogen-bond acceptors (Lipinski definition) is 4. The van der Waals surface area contributed by atoms with Crippen LogP contribution in [0.4, 0.5) is 5.82 Å². The fourth-order valence-corrected chi connectivity index (χ4v) is 2.89. The van der Waals surface area contributed by atoms with Gasteiger partial charge in [0.1, 0.15) is 5.82 Å². The minimum absolute atomic E-state index is 0.652. The van der Waals surface area contributed by atoms with Crippen molar-refractivity contribution >= 4 is 5.82 Å². The molecule has 1 aliphatic heterocycles. The lowest BCUT2D eigenvalue weighted by atomic mass is 10.1. The summed E-state index contributed by atoms with van der Waals surface area (Å²) in [6, 6.07) is 5.80. The molecular formula is C16H26N4. The summed E-state index contributed by atoms with van der Waals surface area (Å²) in [4.78, 5) is 9.49. The van der Waals surface area contributed by atoms with Crippen LogP contribution in [0.5, 0.6) is 0 Å². The van der Waals surface area contributed by atoms with Crippen LogP contribution in [0.2, 0.25) is 0 Å². The Labute approximate surface area is 122 Å². The van der Waals surface area contributed by atoms with Gasteiger partial charge in [-0.1, -0.05) is 6.92 Å². The van der Waals surface area contributed by atoms with Crippen molar-refractivity contribution in [2.45, 2.75) is 44.8 Å². The summed E-state index contributed by atoms with van der Waals surface area (Å²) in [5.74, 6) is 1.15. The lowest BCUT2D eigenvalue weighted by Gasteiger charge is -2.39. The van der Waals surface area contributed by atoms with Crippen molar-refractivity contribution in [2.75, 3.05) is 31.6 Å². The van der Waals surface area contributed by atoms with Gasteiger partial charge >= 0.3 is 0 Å². The number of hydrogen-bond donors (Lipinski definition) is 1. The summed E-state index contributed by atoms with van der Waals surface area (Å²) >= 11 is 0. The molecule has 4 nitrogen and oxygen atoms in total. The zero-order chi connectivity index (χ0) is 13.9. The number of aromatic nitrogens is 1. The molecule has 2 heterocycles. The number of pyridine rings is 1. The van der Waals surface area contributed by atoms with E-state index in [0.717, 1.165) is 38.0 Å². The summed E-state index contributed by atoms with van der Waals surface area (Å²) in [6.07, 6.45) is 5.84. The molecule has 0 aromatic carbocycles. The van der Waals surface area contributed by atoms with Gasteiger partial charge in [0.2, 0.25) is 0 Å². The minimum atomic E-state index is 0.652. The third-order valence-electron chi connectivity index (χ3n) is 4.55. The van der Waals surface area contributed by atoms with E-state index in [2.05, 4.69) is 46.2 Å². The predicted molar refractivity (Wildman–Crippen MR) is 83.0 cm³/mol. The summed E-state index contributed by atoms with van der Waals surface area (Å²) in [5, 5.41) is 3.58. The lowest BCUT2D eigenvalue weighted by molar-refractivity contribution is 0.213. The highest BCUT2D eigenvalue weighted by Gasteiger charge is 2.24. The Hall–Kier alpha value is -1.13. The topological polar surface area (TPSA) is 31.4 Å². The van der Waals surface area contributed by atoms with Gasteiger partial charge < -0.3 is 10.2 Å². The maximum absolute atomic E-state index is 4.58. The van der Waals surface area contributed by atoms with Crippen molar-refractivity contribution in [2.24, 2.45) is 0 Å². The molecule has 0 amide bonds. The zero-order valence-corrected chi connectivity index (χ0v) is 12.7.